The highest BCUT2D eigenvalue weighted by Gasteiger charge is 2.14. The van der Waals surface area contributed by atoms with Crippen molar-refractivity contribution >= 4 is 28.0 Å². The Labute approximate surface area is 191 Å². The number of esters is 1. The van der Waals surface area contributed by atoms with Crippen LogP contribution in [0.15, 0.2) is 12.2 Å². The number of carbonyl (C=O) groups is 1. The van der Waals surface area contributed by atoms with Crippen LogP contribution in [0.5, 0.6) is 0 Å². The second-order valence-electron chi connectivity index (χ2n) is 9.15. The van der Waals surface area contributed by atoms with Crippen LogP contribution >= 0.6 is 15.3 Å². The average Bonchev–Trinajstić information content (AvgIpc) is 2.65. The summed E-state index contributed by atoms with van der Waals surface area (Å²) in [5.41, 5.74) is 0. The van der Waals surface area contributed by atoms with Crippen LogP contribution in [-0.2, 0) is 9.53 Å². The van der Waals surface area contributed by atoms with Crippen molar-refractivity contribution in [3.8, 4) is 0 Å². The molecule has 0 aromatic heterocycles. The Balaban J connectivity index is 3.09. The minimum Gasteiger partial charge on any atom is -0.463 e. The fourth-order valence-corrected chi connectivity index (χ4v) is 5.59. The van der Waals surface area contributed by atoms with E-state index in [1.165, 1.54) is 115 Å². The Bertz CT molecular complexity index is 391. The van der Waals surface area contributed by atoms with E-state index < -0.39 is 6.69 Å². The number of ether oxygens (including phenoxy) is 1. The molecule has 0 aliphatic carbocycles. The molecule has 172 valence electrons. The number of carbonyl (C=O) groups excluding carboxylic acids is 1. The number of allylic oxidation sites excluding steroid dienone is 1. The van der Waals surface area contributed by atoms with Crippen LogP contribution in [0, 0.1) is 0 Å². The van der Waals surface area contributed by atoms with Gasteiger partial charge in [0.25, 0.3) is 0 Å². The Morgan fingerprint density at radius 3 is 1.38 bits per heavy atom. The predicted octanol–water partition coefficient (Wildman–Crippen LogP) is 9.34. The summed E-state index contributed by atoms with van der Waals surface area (Å²) in [6.07, 6.45) is 26.6. The van der Waals surface area contributed by atoms with Gasteiger partial charge in [-0.2, -0.15) is 0 Å². The van der Waals surface area contributed by atoms with Crippen LogP contribution in [0.25, 0.3) is 0 Å². The maximum atomic E-state index is 11.1. The molecular weight excluding hydrogens is 440 g/mol. The van der Waals surface area contributed by atoms with Gasteiger partial charge in [-0.25, -0.2) is 4.79 Å². The van der Waals surface area contributed by atoms with Crippen molar-refractivity contribution in [3.05, 3.63) is 12.2 Å². The second kappa shape index (κ2) is 21.2. The zero-order chi connectivity index (χ0) is 21.6. The third-order valence-electron chi connectivity index (χ3n) is 5.46. The van der Waals surface area contributed by atoms with Gasteiger partial charge in [0, 0.05) is 6.08 Å². The lowest BCUT2D eigenvalue weighted by atomic mass is 10.0. The van der Waals surface area contributed by atoms with Gasteiger partial charge in [0.2, 0.25) is 0 Å². The lowest BCUT2D eigenvalue weighted by Gasteiger charge is -2.12. The van der Waals surface area contributed by atoms with Gasteiger partial charge in [-0.15, -0.1) is 15.3 Å². The van der Waals surface area contributed by atoms with Crippen LogP contribution in [0.2, 0.25) is 19.1 Å². The Hall–Kier alpha value is -0.0931. The van der Waals surface area contributed by atoms with E-state index in [2.05, 4.69) is 28.4 Å². The molecule has 0 saturated carbocycles. The molecule has 0 heterocycles. The van der Waals surface area contributed by atoms with E-state index >= 15 is 0 Å². The minimum atomic E-state index is -0.980. The van der Waals surface area contributed by atoms with Crippen LogP contribution < -0.4 is 0 Å². The summed E-state index contributed by atoms with van der Waals surface area (Å²) in [5, 5.41) is 0. The highest BCUT2D eigenvalue weighted by molar-refractivity contribution is 9.26. The van der Waals surface area contributed by atoms with Gasteiger partial charge in [0.05, 0.1) is 6.61 Å². The second-order valence-corrected chi connectivity index (χ2v) is 19.5. The number of rotatable bonds is 21. The lowest BCUT2D eigenvalue weighted by Crippen LogP contribution is -2.13. The van der Waals surface area contributed by atoms with E-state index in [4.69, 9.17) is 4.74 Å². The fraction of sp³-hybridized carbons (Fsp3) is 0.880. The molecule has 0 N–H and O–H groups in total. The molecule has 0 aromatic rings. The smallest absolute Gasteiger partial charge is 0.330 e. The van der Waals surface area contributed by atoms with Crippen molar-refractivity contribution in [2.45, 2.75) is 135 Å². The highest BCUT2D eigenvalue weighted by atomic mass is 79.9. The highest BCUT2D eigenvalue weighted by Crippen LogP contribution is 2.21. The zero-order valence-electron chi connectivity index (χ0n) is 19.8. The Morgan fingerprint density at radius 1 is 0.690 bits per heavy atom. The van der Waals surface area contributed by atoms with Gasteiger partial charge >= 0.3 is 5.97 Å². The van der Waals surface area contributed by atoms with Gasteiger partial charge in [-0.1, -0.05) is 122 Å². The van der Waals surface area contributed by atoms with E-state index in [-0.39, 0.29) is 5.97 Å². The largest absolute Gasteiger partial charge is 0.463 e. The molecule has 0 spiro atoms. The van der Waals surface area contributed by atoms with Crippen molar-refractivity contribution in [3.63, 3.8) is 0 Å². The van der Waals surface area contributed by atoms with E-state index in [9.17, 15) is 4.79 Å². The first-order valence-corrected chi connectivity index (χ1v) is 17.9. The summed E-state index contributed by atoms with van der Waals surface area (Å²) in [4.78, 5) is 11.1. The molecule has 0 aromatic carbocycles. The van der Waals surface area contributed by atoms with Gasteiger partial charge in [-0.05, 0) is 19.4 Å². The zero-order valence-corrected chi connectivity index (χ0v) is 22.4. The average molecular weight is 490 g/mol. The number of hydrogen-bond donors (Lipinski definition) is 0. The number of unbranched alkanes of at least 4 members (excludes halogenated alkanes) is 16. The normalized spacial score (nSPS) is 12.0. The van der Waals surface area contributed by atoms with E-state index in [0.717, 1.165) is 6.42 Å². The van der Waals surface area contributed by atoms with Gasteiger partial charge < -0.3 is 4.74 Å². The molecule has 0 rings (SSSR count). The van der Waals surface area contributed by atoms with Crippen molar-refractivity contribution in [2.24, 2.45) is 0 Å². The molecule has 0 bridgehead atoms. The minimum absolute atomic E-state index is 0.209. The molecule has 0 amide bonds. The molecule has 0 saturated heterocycles. The monoisotopic (exact) mass is 488 g/mol. The molecular formula is C25H49BrO2Si. The van der Waals surface area contributed by atoms with Crippen LogP contribution in [0.1, 0.15) is 116 Å². The first-order valence-electron chi connectivity index (χ1n) is 12.4. The molecule has 0 aliphatic heterocycles. The van der Waals surface area contributed by atoms with Crippen molar-refractivity contribution < 1.29 is 9.53 Å². The first kappa shape index (κ1) is 28.9. The fourth-order valence-electron chi connectivity index (χ4n) is 3.66. The molecule has 0 radical (unpaired) electrons. The van der Waals surface area contributed by atoms with Crippen LogP contribution in [-0.4, -0.2) is 19.3 Å². The van der Waals surface area contributed by atoms with E-state index in [1.807, 2.05) is 6.92 Å². The number of halogens is 1. The third kappa shape index (κ3) is 25.9. The van der Waals surface area contributed by atoms with Crippen LogP contribution in [0.3, 0.4) is 0 Å². The summed E-state index contributed by atoms with van der Waals surface area (Å²) in [5.74, 6) is -0.209. The molecule has 4 heteroatoms. The van der Waals surface area contributed by atoms with Crippen molar-refractivity contribution in [2.75, 3.05) is 6.61 Å². The SMILES string of the molecule is CC=CC(=O)OCCCCCCCCCCCCCCCCCCC[Si](C)(C)Br. The molecule has 0 atom stereocenters. The quantitative estimate of drug-likeness (QED) is 0.0528. The van der Waals surface area contributed by atoms with E-state index in [0.29, 0.717) is 6.61 Å². The lowest BCUT2D eigenvalue weighted by molar-refractivity contribution is -0.137. The predicted molar refractivity (Wildman–Crippen MR) is 135 cm³/mol. The van der Waals surface area contributed by atoms with Gasteiger partial charge in [0.15, 0.2) is 0 Å². The molecule has 2 nitrogen and oxygen atoms in total. The van der Waals surface area contributed by atoms with Crippen molar-refractivity contribution in [1.82, 2.24) is 0 Å². The molecule has 29 heavy (non-hydrogen) atoms. The third-order valence-corrected chi connectivity index (χ3v) is 8.19. The van der Waals surface area contributed by atoms with E-state index in [1.54, 1.807) is 6.08 Å². The molecule has 0 fully saturated rings. The standard InChI is InChI=1S/C25H49BrO2Si/c1-4-22-25(27)28-23-20-18-16-14-12-10-8-6-5-7-9-11-13-15-17-19-21-24-29(2,3)26/h4,22H,5-21,23-24H2,1-3H3. The van der Waals surface area contributed by atoms with Gasteiger partial charge in [0.1, 0.15) is 6.69 Å². The Kier molecular flexibility index (Phi) is 21.1. The maximum absolute atomic E-state index is 11.1. The molecule has 0 aliphatic rings. The Morgan fingerprint density at radius 2 is 1.03 bits per heavy atom. The first-order chi connectivity index (χ1) is 14.0. The molecule has 0 unspecified atom stereocenters. The summed E-state index contributed by atoms with van der Waals surface area (Å²) in [6, 6.07) is 1.43. The van der Waals surface area contributed by atoms with Gasteiger partial charge in [-0.3, -0.25) is 0 Å². The summed E-state index contributed by atoms with van der Waals surface area (Å²) >= 11 is 3.86. The maximum Gasteiger partial charge on any atom is 0.330 e. The summed E-state index contributed by atoms with van der Waals surface area (Å²) in [7, 11) is 0. The topological polar surface area (TPSA) is 26.3 Å². The number of hydrogen-bond acceptors (Lipinski definition) is 2. The van der Waals surface area contributed by atoms with Crippen LogP contribution in [0.4, 0.5) is 0 Å². The van der Waals surface area contributed by atoms with Crippen molar-refractivity contribution in [1.29, 1.82) is 0 Å². The summed E-state index contributed by atoms with van der Waals surface area (Å²) < 4.78 is 5.10. The summed E-state index contributed by atoms with van der Waals surface area (Å²) in [6.45, 7) is 6.23.